The van der Waals surface area contributed by atoms with E-state index < -0.39 is 5.60 Å². The molecular weight excluding hydrogens is 286 g/mol. The predicted octanol–water partition coefficient (Wildman–Crippen LogP) is 3.80. The number of amides is 1. The first-order valence-electron chi connectivity index (χ1n) is 7.02. The average Bonchev–Trinajstić information content (AvgIpc) is 2.34. The van der Waals surface area contributed by atoms with Crippen LogP contribution in [0.15, 0.2) is 29.2 Å². The molecule has 116 valence electrons. The third-order valence-electron chi connectivity index (χ3n) is 3.13. The lowest BCUT2D eigenvalue weighted by Gasteiger charge is -2.47. The summed E-state index contributed by atoms with van der Waals surface area (Å²) >= 11 is 1.79. The standard InChI is InChI=1S/C16H23NO3S/c1-15(2,3)20-14(18)17-10-16(4,11-17)21-13-8-6-12(19-5)7-9-13/h6-9H,10-11H2,1-5H3. The van der Waals surface area contributed by atoms with Crippen LogP contribution < -0.4 is 4.74 Å². The van der Waals surface area contributed by atoms with Crippen molar-refractivity contribution in [3.8, 4) is 5.75 Å². The molecule has 0 bridgehead atoms. The van der Waals surface area contributed by atoms with Crippen molar-refractivity contribution in [3.63, 3.8) is 0 Å². The molecule has 0 radical (unpaired) electrons. The number of thioether (sulfide) groups is 1. The largest absolute Gasteiger partial charge is 0.497 e. The van der Waals surface area contributed by atoms with Gasteiger partial charge in [0.25, 0.3) is 0 Å². The Morgan fingerprint density at radius 1 is 1.24 bits per heavy atom. The van der Waals surface area contributed by atoms with Gasteiger partial charge in [0, 0.05) is 18.0 Å². The van der Waals surface area contributed by atoms with Gasteiger partial charge in [0.2, 0.25) is 0 Å². The maximum atomic E-state index is 11.9. The highest BCUT2D eigenvalue weighted by atomic mass is 32.2. The van der Waals surface area contributed by atoms with Crippen molar-refractivity contribution in [1.29, 1.82) is 0 Å². The molecule has 0 saturated carbocycles. The van der Waals surface area contributed by atoms with Gasteiger partial charge in [-0.1, -0.05) is 0 Å². The summed E-state index contributed by atoms with van der Waals surface area (Å²) in [4.78, 5) is 14.9. The van der Waals surface area contributed by atoms with Gasteiger partial charge in [-0.05, 0) is 52.0 Å². The molecule has 1 saturated heterocycles. The van der Waals surface area contributed by atoms with Gasteiger partial charge in [-0.3, -0.25) is 0 Å². The molecule has 5 heteroatoms. The normalized spacial score (nSPS) is 17.1. The van der Waals surface area contributed by atoms with E-state index in [4.69, 9.17) is 9.47 Å². The Morgan fingerprint density at radius 2 is 1.81 bits per heavy atom. The lowest BCUT2D eigenvalue weighted by atomic mass is 10.0. The Hall–Kier alpha value is -1.36. The molecule has 2 rings (SSSR count). The molecular formula is C16H23NO3S. The van der Waals surface area contributed by atoms with Crippen LogP contribution in [0.5, 0.6) is 5.75 Å². The van der Waals surface area contributed by atoms with E-state index in [2.05, 4.69) is 6.92 Å². The second-order valence-electron chi connectivity index (χ2n) is 6.56. The van der Waals surface area contributed by atoms with Gasteiger partial charge in [-0.25, -0.2) is 4.79 Å². The summed E-state index contributed by atoms with van der Waals surface area (Å²) in [6.07, 6.45) is -0.227. The fourth-order valence-electron chi connectivity index (χ4n) is 2.21. The molecule has 1 aliphatic rings. The van der Waals surface area contributed by atoms with Crippen molar-refractivity contribution in [1.82, 2.24) is 4.90 Å². The molecule has 1 amide bonds. The summed E-state index contributed by atoms with van der Waals surface area (Å²) in [5, 5.41) is 0. The summed E-state index contributed by atoms with van der Waals surface area (Å²) < 4.78 is 10.6. The smallest absolute Gasteiger partial charge is 0.410 e. The summed E-state index contributed by atoms with van der Waals surface area (Å²) in [7, 11) is 1.66. The molecule has 0 N–H and O–H groups in total. The molecule has 1 fully saturated rings. The minimum absolute atomic E-state index is 0.0471. The van der Waals surface area contributed by atoms with E-state index in [1.54, 1.807) is 23.8 Å². The van der Waals surface area contributed by atoms with E-state index in [1.165, 1.54) is 4.90 Å². The number of rotatable bonds is 3. The van der Waals surface area contributed by atoms with Gasteiger partial charge in [0.1, 0.15) is 11.4 Å². The van der Waals surface area contributed by atoms with Crippen LogP contribution in [0.4, 0.5) is 4.79 Å². The molecule has 1 aromatic carbocycles. The lowest BCUT2D eigenvalue weighted by molar-refractivity contribution is 0.00643. The number of hydrogen-bond acceptors (Lipinski definition) is 4. The fraction of sp³-hybridized carbons (Fsp3) is 0.562. The van der Waals surface area contributed by atoms with Gasteiger partial charge in [-0.15, -0.1) is 11.8 Å². The molecule has 0 aromatic heterocycles. The van der Waals surface area contributed by atoms with Gasteiger partial charge in [0.05, 0.1) is 11.9 Å². The van der Waals surface area contributed by atoms with E-state index in [-0.39, 0.29) is 10.8 Å². The van der Waals surface area contributed by atoms with E-state index in [1.807, 2.05) is 45.0 Å². The fourth-order valence-corrected chi connectivity index (χ4v) is 3.49. The molecule has 0 atom stereocenters. The number of methoxy groups -OCH3 is 1. The third kappa shape index (κ3) is 4.30. The molecule has 0 aliphatic carbocycles. The predicted molar refractivity (Wildman–Crippen MR) is 85.1 cm³/mol. The Labute approximate surface area is 130 Å². The number of carbonyl (C=O) groups is 1. The monoisotopic (exact) mass is 309 g/mol. The van der Waals surface area contributed by atoms with Crippen LogP contribution in [-0.4, -0.2) is 41.5 Å². The van der Waals surface area contributed by atoms with Gasteiger partial charge >= 0.3 is 6.09 Å². The Morgan fingerprint density at radius 3 is 2.29 bits per heavy atom. The minimum atomic E-state index is -0.438. The van der Waals surface area contributed by atoms with E-state index in [0.717, 1.165) is 5.75 Å². The van der Waals surface area contributed by atoms with Gasteiger partial charge in [0.15, 0.2) is 0 Å². The van der Waals surface area contributed by atoms with Crippen LogP contribution in [0, 0.1) is 0 Å². The first kappa shape index (κ1) is 16.0. The van der Waals surface area contributed by atoms with Crippen LogP contribution in [-0.2, 0) is 4.74 Å². The molecule has 4 nitrogen and oxygen atoms in total. The van der Waals surface area contributed by atoms with Crippen molar-refractivity contribution in [2.45, 2.75) is 42.9 Å². The van der Waals surface area contributed by atoms with Crippen molar-refractivity contribution in [3.05, 3.63) is 24.3 Å². The summed E-state index contributed by atoms with van der Waals surface area (Å²) in [6, 6.07) is 8.00. The lowest BCUT2D eigenvalue weighted by Crippen LogP contribution is -2.60. The van der Waals surface area contributed by atoms with Crippen LogP contribution in [0.1, 0.15) is 27.7 Å². The zero-order chi connectivity index (χ0) is 15.7. The van der Waals surface area contributed by atoms with Gasteiger partial charge < -0.3 is 14.4 Å². The Bertz CT molecular complexity index is 501. The zero-order valence-electron chi connectivity index (χ0n) is 13.3. The number of ether oxygens (including phenoxy) is 2. The van der Waals surface area contributed by atoms with E-state index >= 15 is 0 Å². The second kappa shape index (κ2) is 5.79. The van der Waals surface area contributed by atoms with Crippen LogP contribution in [0.2, 0.25) is 0 Å². The van der Waals surface area contributed by atoms with Gasteiger partial charge in [-0.2, -0.15) is 0 Å². The summed E-state index contributed by atoms with van der Waals surface area (Å²) in [5.41, 5.74) is -0.438. The summed E-state index contributed by atoms with van der Waals surface area (Å²) in [6.45, 7) is 9.24. The highest BCUT2D eigenvalue weighted by Gasteiger charge is 2.43. The maximum absolute atomic E-state index is 11.9. The zero-order valence-corrected chi connectivity index (χ0v) is 14.1. The Balaban J connectivity index is 1.87. The first-order chi connectivity index (χ1) is 9.71. The molecule has 21 heavy (non-hydrogen) atoms. The number of benzene rings is 1. The number of carbonyl (C=O) groups excluding carboxylic acids is 1. The second-order valence-corrected chi connectivity index (χ2v) is 8.23. The molecule has 1 heterocycles. The molecule has 1 aliphatic heterocycles. The van der Waals surface area contributed by atoms with Crippen molar-refractivity contribution in [2.75, 3.05) is 20.2 Å². The SMILES string of the molecule is COc1ccc(SC2(C)CN(C(=O)OC(C)(C)C)C2)cc1. The Kier molecular flexibility index (Phi) is 4.42. The highest BCUT2D eigenvalue weighted by molar-refractivity contribution is 8.00. The van der Waals surface area contributed by atoms with Crippen molar-refractivity contribution in [2.24, 2.45) is 0 Å². The van der Waals surface area contributed by atoms with Crippen LogP contribution >= 0.6 is 11.8 Å². The molecule has 0 unspecified atom stereocenters. The number of likely N-dealkylation sites (tertiary alicyclic amines) is 1. The van der Waals surface area contributed by atoms with Crippen molar-refractivity contribution >= 4 is 17.9 Å². The summed E-state index contributed by atoms with van der Waals surface area (Å²) in [5.74, 6) is 0.855. The quantitative estimate of drug-likeness (QED) is 0.851. The van der Waals surface area contributed by atoms with E-state index in [9.17, 15) is 4.79 Å². The highest BCUT2D eigenvalue weighted by Crippen LogP contribution is 2.40. The van der Waals surface area contributed by atoms with Crippen molar-refractivity contribution < 1.29 is 14.3 Å². The molecule has 1 aromatic rings. The first-order valence-corrected chi connectivity index (χ1v) is 7.83. The minimum Gasteiger partial charge on any atom is -0.497 e. The van der Waals surface area contributed by atoms with E-state index in [0.29, 0.717) is 13.1 Å². The third-order valence-corrected chi connectivity index (χ3v) is 4.38. The van der Waals surface area contributed by atoms with Crippen LogP contribution in [0.3, 0.4) is 0 Å². The van der Waals surface area contributed by atoms with Crippen LogP contribution in [0.25, 0.3) is 0 Å². The number of nitrogens with zero attached hydrogens (tertiary/aromatic N) is 1. The maximum Gasteiger partial charge on any atom is 0.410 e. The molecule has 0 spiro atoms. The topological polar surface area (TPSA) is 38.8 Å². The average molecular weight is 309 g/mol. The number of hydrogen-bond donors (Lipinski definition) is 0.